The fourth-order valence-electron chi connectivity index (χ4n) is 2.12. The number of para-hydroxylation sites is 1. The fraction of sp³-hybridized carbons (Fsp3) is 0.353. The molecule has 0 aliphatic rings. The number of benzene rings is 1. The van der Waals surface area contributed by atoms with Gasteiger partial charge >= 0.3 is 43.7 Å². The first-order chi connectivity index (χ1) is 10.7. The van der Waals surface area contributed by atoms with Gasteiger partial charge in [0.25, 0.3) is 0 Å². The second kappa shape index (κ2) is 10.0. The predicted molar refractivity (Wildman–Crippen MR) is 98.4 cm³/mol. The maximum atomic E-state index is 5.00. The van der Waals surface area contributed by atoms with Crippen molar-refractivity contribution in [2.45, 2.75) is 39.2 Å². The molecule has 1 unspecified atom stereocenters. The van der Waals surface area contributed by atoms with E-state index in [-0.39, 0.29) is 11.5 Å². The summed E-state index contributed by atoms with van der Waals surface area (Å²) in [5.41, 5.74) is 3.45. The van der Waals surface area contributed by atoms with Crippen molar-refractivity contribution in [2.75, 3.05) is 0 Å². The molecule has 23 heavy (non-hydrogen) atoms. The molecule has 0 aliphatic heterocycles. The molecule has 0 radical (unpaired) electrons. The van der Waals surface area contributed by atoms with E-state index in [2.05, 4.69) is 50.9 Å². The van der Waals surface area contributed by atoms with Crippen LogP contribution in [0.3, 0.4) is 0 Å². The van der Waals surface area contributed by atoms with Gasteiger partial charge < -0.3 is 5.32 Å². The molecule has 0 aliphatic carbocycles. The van der Waals surface area contributed by atoms with Crippen LogP contribution in [0.4, 0.5) is 5.69 Å². The summed E-state index contributed by atoms with van der Waals surface area (Å²) in [6.07, 6.45) is 1.82. The third-order valence-corrected chi connectivity index (χ3v) is 3.16. The minimum atomic E-state index is -2.13. The fourth-order valence-corrected chi connectivity index (χ4v) is 2.12. The number of halogens is 3. The van der Waals surface area contributed by atoms with Crippen molar-refractivity contribution in [3.63, 3.8) is 0 Å². The van der Waals surface area contributed by atoms with Crippen molar-refractivity contribution in [3.8, 4) is 0 Å². The van der Waals surface area contributed by atoms with Crippen molar-refractivity contribution < 1.29 is 18.2 Å². The zero-order valence-corrected chi connectivity index (χ0v) is 18.5. The Kier molecular flexibility index (Phi) is 9.15. The SMILES string of the molecule is CC([N-]c1ccccc1C(C)(C)C)c1ccccn1.[Cl][Zr]([Cl])[Cl]. The van der Waals surface area contributed by atoms with E-state index in [9.17, 15) is 0 Å². The van der Waals surface area contributed by atoms with Crippen molar-refractivity contribution >= 4 is 31.2 Å². The van der Waals surface area contributed by atoms with Crippen LogP contribution in [-0.4, -0.2) is 4.98 Å². The molecule has 1 atom stereocenters. The Morgan fingerprint density at radius 2 is 1.57 bits per heavy atom. The van der Waals surface area contributed by atoms with Gasteiger partial charge in [0, 0.05) is 11.9 Å². The summed E-state index contributed by atoms with van der Waals surface area (Å²) in [5, 5.41) is 4.83. The third-order valence-electron chi connectivity index (χ3n) is 3.16. The summed E-state index contributed by atoms with van der Waals surface area (Å²) >= 11 is -2.13. The van der Waals surface area contributed by atoms with Gasteiger partial charge in [0.15, 0.2) is 0 Å². The Hall–Kier alpha value is -0.0769. The second-order valence-corrected chi connectivity index (χ2v) is 17.2. The van der Waals surface area contributed by atoms with E-state index in [1.54, 1.807) is 0 Å². The van der Waals surface area contributed by atoms with E-state index in [4.69, 9.17) is 30.9 Å². The minimum absolute atomic E-state index is 0.0738. The number of hydrogen-bond acceptors (Lipinski definition) is 1. The van der Waals surface area contributed by atoms with Crippen LogP contribution in [0.15, 0.2) is 48.7 Å². The van der Waals surface area contributed by atoms with Gasteiger partial charge in [-0.05, 0) is 17.5 Å². The Labute approximate surface area is 157 Å². The molecule has 2 rings (SSSR count). The Morgan fingerprint density at radius 1 is 1.00 bits per heavy atom. The van der Waals surface area contributed by atoms with Crippen LogP contribution in [0.5, 0.6) is 0 Å². The van der Waals surface area contributed by atoms with Crippen LogP contribution in [-0.2, 0) is 23.6 Å². The molecule has 125 valence electrons. The van der Waals surface area contributed by atoms with Crippen LogP contribution < -0.4 is 0 Å². The topological polar surface area (TPSA) is 27.0 Å². The summed E-state index contributed by atoms with van der Waals surface area (Å²) in [6.45, 7) is 8.73. The van der Waals surface area contributed by atoms with Crippen molar-refractivity contribution in [2.24, 2.45) is 0 Å². The van der Waals surface area contributed by atoms with E-state index in [1.165, 1.54) is 5.56 Å². The summed E-state index contributed by atoms with van der Waals surface area (Å²) < 4.78 is 0. The normalized spacial score (nSPS) is 12.0. The second-order valence-electron chi connectivity index (χ2n) is 6.04. The molecule has 6 heteroatoms. The summed E-state index contributed by atoms with van der Waals surface area (Å²) in [5.74, 6) is 0. The first kappa shape index (κ1) is 21.0. The van der Waals surface area contributed by atoms with Crippen LogP contribution in [0.25, 0.3) is 5.32 Å². The monoisotopic (exact) mass is 448 g/mol. The average molecular weight is 451 g/mol. The quantitative estimate of drug-likeness (QED) is 0.485. The van der Waals surface area contributed by atoms with Crippen molar-refractivity contribution in [1.82, 2.24) is 4.98 Å². The van der Waals surface area contributed by atoms with Gasteiger partial charge in [-0.15, -0.1) is 5.69 Å². The number of aromatic nitrogens is 1. The molecule has 0 saturated carbocycles. The molecule has 0 N–H and O–H groups in total. The number of hydrogen-bond donors (Lipinski definition) is 0. The molecule has 0 bridgehead atoms. The van der Waals surface area contributed by atoms with Gasteiger partial charge in [0.2, 0.25) is 0 Å². The zero-order valence-electron chi connectivity index (χ0n) is 13.7. The van der Waals surface area contributed by atoms with Gasteiger partial charge in [0.1, 0.15) is 0 Å². The van der Waals surface area contributed by atoms with Crippen molar-refractivity contribution in [1.29, 1.82) is 0 Å². The molecule has 1 aromatic carbocycles. The van der Waals surface area contributed by atoms with Gasteiger partial charge in [-0.3, -0.25) is 4.98 Å². The van der Waals surface area contributed by atoms with Gasteiger partial charge in [-0.1, -0.05) is 69.6 Å². The number of pyridine rings is 1. The number of rotatable bonds is 3. The van der Waals surface area contributed by atoms with Crippen LogP contribution in [0, 0.1) is 0 Å². The van der Waals surface area contributed by atoms with E-state index >= 15 is 0 Å². The van der Waals surface area contributed by atoms with E-state index in [0.717, 1.165) is 11.4 Å². The summed E-state index contributed by atoms with van der Waals surface area (Å²) in [6, 6.07) is 14.4. The van der Waals surface area contributed by atoms with Crippen LogP contribution in [0.1, 0.15) is 45.0 Å². The first-order valence-electron chi connectivity index (χ1n) is 7.26. The van der Waals surface area contributed by atoms with Gasteiger partial charge in [0.05, 0.1) is 0 Å². The Balaban J connectivity index is 0.000000593. The molecule has 0 spiro atoms. The molecule has 0 amide bonds. The average Bonchev–Trinajstić information content (AvgIpc) is 2.47. The summed E-state index contributed by atoms with van der Waals surface area (Å²) in [7, 11) is 15.0. The third kappa shape index (κ3) is 8.03. The standard InChI is InChI=1S/C17H21N2.3ClH.Zr/c1-13(15-10-7-8-12-18-15)19-16-11-6-5-9-14(16)17(2,3)4;;;;/h5-13H,1-4H3;3*1H;/q-1;;;;+3/p-3. The van der Waals surface area contributed by atoms with Gasteiger partial charge in [-0.25, -0.2) is 0 Å². The number of nitrogens with zero attached hydrogens (tertiary/aromatic N) is 2. The van der Waals surface area contributed by atoms with E-state index < -0.39 is 18.2 Å². The molecule has 1 heterocycles. The van der Waals surface area contributed by atoms with Gasteiger partial charge in [-0.2, -0.15) is 0 Å². The molecule has 0 saturated heterocycles. The van der Waals surface area contributed by atoms with Crippen LogP contribution >= 0.6 is 25.5 Å². The molecule has 2 nitrogen and oxygen atoms in total. The predicted octanol–water partition coefficient (Wildman–Crippen LogP) is 7.21. The molecule has 0 fully saturated rings. The zero-order chi connectivity index (χ0) is 17.5. The molecular weight excluding hydrogens is 430 g/mol. The Morgan fingerprint density at radius 3 is 2.09 bits per heavy atom. The molecular formula is C17H21Cl3N2Zr-. The van der Waals surface area contributed by atoms with E-state index in [0.29, 0.717) is 0 Å². The first-order valence-corrected chi connectivity index (χ1v) is 16.8. The maximum absolute atomic E-state index is 5.00. The van der Waals surface area contributed by atoms with Crippen molar-refractivity contribution in [3.05, 3.63) is 65.2 Å². The summed E-state index contributed by atoms with van der Waals surface area (Å²) in [4.78, 5) is 4.37. The van der Waals surface area contributed by atoms with Crippen LogP contribution in [0.2, 0.25) is 0 Å². The Bertz CT molecular complexity index is 583. The molecule has 2 aromatic rings. The molecule has 1 aromatic heterocycles. The van der Waals surface area contributed by atoms with E-state index in [1.807, 2.05) is 30.5 Å².